The largest absolute Gasteiger partial charge is 0.465 e. The van der Waals surface area contributed by atoms with E-state index in [1.54, 1.807) is 12.1 Å². The summed E-state index contributed by atoms with van der Waals surface area (Å²) in [6.45, 7) is 3.28. The summed E-state index contributed by atoms with van der Waals surface area (Å²) >= 11 is 0. The molecule has 0 aromatic heterocycles. The predicted octanol–water partition coefficient (Wildman–Crippen LogP) is 3.29. The summed E-state index contributed by atoms with van der Waals surface area (Å²) in [4.78, 5) is 11.4. The van der Waals surface area contributed by atoms with Gasteiger partial charge in [0.2, 0.25) is 0 Å². The lowest BCUT2D eigenvalue weighted by Gasteiger charge is -2.26. The van der Waals surface area contributed by atoms with Gasteiger partial charge in [-0.1, -0.05) is 19.8 Å². The lowest BCUT2D eigenvalue weighted by atomic mass is 9.83. The van der Waals surface area contributed by atoms with Crippen molar-refractivity contribution in [3.8, 4) is 0 Å². The summed E-state index contributed by atoms with van der Waals surface area (Å²) in [6.07, 6.45) is 5.22. The van der Waals surface area contributed by atoms with E-state index in [0.717, 1.165) is 24.1 Å². The van der Waals surface area contributed by atoms with Crippen LogP contribution in [-0.4, -0.2) is 19.6 Å². The Morgan fingerprint density at radius 3 is 2.65 bits per heavy atom. The van der Waals surface area contributed by atoms with Crippen LogP contribution in [0.5, 0.6) is 0 Å². The molecule has 1 saturated carbocycles. The lowest BCUT2D eigenvalue weighted by Crippen LogP contribution is -2.20. The van der Waals surface area contributed by atoms with Crippen LogP contribution in [0.2, 0.25) is 0 Å². The van der Waals surface area contributed by atoms with Gasteiger partial charge < -0.3 is 15.8 Å². The van der Waals surface area contributed by atoms with Crippen molar-refractivity contribution >= 4 is 17.3 Å². The van der Waals surface area contributed by atoms with Crippen molar-refractivity contribution < 1.29 is 9.53 Å². The number of benzene rings is 1. The van der Waals surface area contributed by atoms with Crippen LogP contribution >= 0.6 is 0 Å². The van der Waals surface area contributed by atoms with Crippen molar-refractivity contribution in [3.63, 3.8) is 0 Å². The minimum atomic E-state index is -0.357. The first kappa shape index (κ1) is 14.7. The topological polar surface area (TPSA) is 64.3 Å². The second kappa shape index (κ2) is 6.64. The number of nitrogen functional groups attached to an aromatic ring is 1. The zero-order chi connectivity index (χ0) is 14.5. The van der Waals surface area contributed by atoms with Crippen LogP contribution in [0.4, 0.5) is 11.4 Å². The summed E-state index contributed by atoms with van der Waals surface area (Å²) < 4.78 is 4.68. The monoisotopic (exact) mass is 276 g/mol. The van der Waals surface area contributed by atoms with Gasteiger partial charge in [0.15, 0.2) is 0 Å². The van der Waals surface area contributed by atoms with Crippen LogP contribution in [0.15, 0.2) is 18.2 Å². The molecule has 1 aromatic carbocycles. The first-order chi connectivity index (χ1) is 9.60. The molecule has 1 aromatic rings. The van der Waals surface area contributed by atoms with E-state index in [0.29, 0.717) is 11.3 Å². The molecule has 1 aliphatic carbocycles. The molecule has 0 spiro atoms. The number of carbonyl (C=O) groups is 1. The number of esters is 1. The second-order valence-corrected chi connectivity index (χ2v) is 5.80. The Labute approximate surface area is 120 Å². The maximum absolute atomic E-state index is 11.4. The highest BCUT2D eigenvalue weighted by Crippen LogP contribution is 2.29. The SMILES string of the molecule is COC(=O)c1ccc(NCC2CCC(C)CC2)c(N)c1. The van der Waals surface area contributed by atoms with E-state index < -0.39 is 0 Å². The van der Waals surface area contributed by atoms with E-state index in [1.807, 2.05) is 6.07 Å². The molecule has 0 heterocycles. The maximum atomic E-state index is 11.4. The van der Waals surface area contributed by atoms with Crippen LogP contribution in [0.1, 0.15) is 43.0 Å². The molecule has 1 aliphatic rings. The molecule has 0 amide bonds. The Bertz CT molecular complexity index is 466. The molecule has 0 saturated heterocycles. The van der Waals surface area contributed by atoms with E-state index >= 15 is 0 Å². The maximum Gasteiger partial charge on any atom is 0.337 e. The fraction of sp³-hybridized carbons (Fsp3) is 0.562. The first-order valence-electron chi connectivity index (χ1n) is 7.32. The Hall–Kier alpha value is -1.71. The molecule has 20 heavy (non-hydrogen) atoms. The second-order valence-electron chi connectivity index (χ2n) is 5.80. The van der Waals surface area contributed by atoms with Gasteiger partial charge in [-0.15, -0.1) is 0 Å². The zero-order valence-electron chi connectivity index (χ0n) is 12.3. The molecular formula is C16H24N2O2. The molecule has 0 radical (unpaired) electrons. The third-order valence-corrected chi connectivity index (χ3v) is 4.19. The van der Waals surface area contributed by atoms with E-state index in [1.165, 1.54) is 32.8 Å². The van der Waals surface area contributed by atoms with Gasteiger partial charge in [0, 0.05) is 6.54 Å². The van der Waals surface area contributed by atoms with Crippen LogP contribution in [0.3, 0.4) is 0 Å². The van der Waals surface area contributed by atoms with E-state index in [-0.39, 0.29) is 5.97 Å². The van der Waals surface area contributed by atoms with Crippen LogP contribution in [0, 0.1) is 11.8 Å². The molecule has 4 nitrogen and oxygen atoms in total. The van der Waals surface area contributed by atoms with Gasteiger partial charge in [-0.2, -0.15) is 0 Å². The number of nitrogens with one attached hydrogen (secondary N) is 1. The van der Waals surface area contributed by atoms with Crippen LogP contribution in [-0.2, 0) is 4.74 Å². The summed E-state index contributed by atoms with van der Waals surface area (Å²) in [6, 6.07) is 5.26. The molecule has 2 rings (SSSR count). The number of nitrogens with two attached hydrogens (primary N) is 1. The quantitative estimate of drug-likeness (QED) is 0.654. The molecule has 0 unspecified atom stereocenters. The minimum Gasteiger partial charge on any atom is -0.465 e. The number of hydrogen-bond donors (Lipinski definition) is 2. The van der Waals surface area contributed by atoms with Gasteiger partial charge in [0.1, 0.15) is 0 Å². The number of carbonyl (C=O) groups excluding carboxylic acids is 1. The standard InChI is InChI=1S/C16H24N2O2/c1-11-3-5-12(6-4-11)10-18-15-8-7-13(9-14(15)17)16(19)20-2/h7-9,11-12,18H,3-6,10,17H2,1-2H3. The minimum absolute atomic E-state index is 0.357. The van der Waals surface area contributed by atoms with Gasteiger partial charge in [-0.25, -0.2) is 4.79 Å². The average Bonchev–Trinajstić information content (AvgIpc) is 2.46. The van der Waals surface area contributed by atoms with Crippen molar-refractivity contribution in [3.05, 3.63) is 23.8 Å². The molecule has 1 fully saturated rings. The lowest BCUT2D eigenvalue weighted by molar-refractivity contribution is 0.0601. The fourth-order valence-electron chi connectivity index (χ4n) is 2.76. The van der Waals surface area contributed by atoms with Gasteiger partial charge >= 0.3 is 5.97 Å². The third-order valence-electron chi connectivity index (χ3n) is 4.19. The highest BCUT2D eigenvalue weighted by atomic mass is 16.5. The summed E-state index contributed by atoms with van der Waals surface area (Å²) in [7, 11) is 1.37. The normalized spacial score (nSPS) is 22.3. The van der Waals surface area contributed by atoms with Crippen molar-refractivity contribution in [2.45, 2.75) is 32.6 Å². The molecule has 110 valence electrons. The van der Waals surface area contributed by atoms with Crippen molar-refractivity contribution in [2.24, 2.45) is 11.8 Å². The molecule has 4 heteroatoms. The van der Waals surface area contributed by atoms with Gasteiger partial charge in [0.25, 0.3) is 0 Å². The van der Waals surface area contributed by atoms with E-state index in [4.69, 9.17) is 5.73 Å². The smallest absolute Gasteiger partial charge is 0.337 e. The molecular weight excluding hydrogens is 252 g/mol. The Kier molecular flexibility index (Phi) is 4.88. The summed E-state index contributed by atoms with van der Waals surface area (Å²) in [5.74, 6) is 1.24. The summed E-state index contributed by atoms with van der Waals surface area (Å²) in [5.41, 5.74) is 7.96. The molecule has 3 N–H and O–H groups in total. The predicted molar refractivity (Wildman–Crippen MR) is 81.8 cm³/mol. The Morgan fingerprint density at radius 2 is 2.05 bits per heavy atom. The number of ether oxygens (including phenoxy) is 1. The first-order valence-corrected chi connectivity index (χ1v) is 7.32. The zero-order valence-corrected chi connectivity index (χ0v) is 12.3. The average molecular weight is 276 g/mol. The van der Waals surface area contributed by atoms with Crippen LogP contribution in [0.25, 0.3) is 0 Å². The van der Waals surface area contributed by atoms with E-state index in [2.05, 4.69) is 17.0 Å². The fourth-order valence-corrected chi connectivity index (χ4v) is 2.76. The highest BCUT2D eigenvalue weighted by Gasteiger charge is 2.18. The Morgan fingerprint density at radius 1 is 1.35 bits per heavy atom. The van der Waals surface area contributed by atoms with Crippen LogP contribution < -0.4 is 11.1 Å². The number of hydrogen-bond acceptors (Lipinski definition) is 4. The number of anilines is 2. The van der Waals surface area contributed by atoms with Gasteiger partial charge in [-0.3, -0.25) is 0 Å². The van der Waals surface area contributed by atoms with Crippen molar-refractivity contribution in [1.29, 1.82) is 0 Å². The number of rotatable bonds is 4. The Balaban J connectivity index is 1.91. The highest BCUT2D eigenvalue weighted by molar-refractivity contribution is 5.91. The molecule has 0 bridgehead atoms. The van der Waals surface area contributed by atoms with E-state index in [9.17, 15) is 4.79 Å². The molecule has 0 aliphatic heterocycles. The van der Waals surface area contributed by atoms with Gasteiger partial charge in [0.05, 0.1) is 24.0 Å². The molecule has 0 atom stereocenters. The number of methoxy groups -OCH3 is 1. The summed E-state index contributed by atoms with van der Waals surface area (Å²) in [5, 5.41) is 3.40. The van der Waals surface area contributed by atoms with Crippen molar-refractivity contribution in [1.82, 2.24) is 0 Å². The van der Waals surface area contributed by atoms with Gasteiger partial charge in [-0.05, 0) is 42.9 Å². The third kappa shape index (κ3) is 3.65. The van der Waals surface area contributed by atoms with Crippen molar-refractivity contribution in [2.75, 3.05) is 24.7 Å².